The third kappa shape index (κ3) is 14.0. The molecule has 0 heterocycles. The summed E-state index contributed by atoms with van der Waals surface area (Å²) in [5, 5.41) is 0. The number of hydrogen-bond acceptors (Lipinski definition) is 1. The molecule has 0 N–H and O–H groups in total. The van der Waals surface area contributed by atoms with Crippen molar-refractivity contribution < 1.29 is 4.74 Å². The van der Waals surface area contributed by atoms with Crippen LogP contribution in [0.2, 0.25) is 0 Å². The van der Waals surface area contributed by atoms with E-state index in [0.29, 0.717) is 0 Å². The maximum Gasteiger partial charge on any atom is 0.0462 e. The molecule has 1 heteroatoms. The van der Waals surface area contributed by atoms with E-state index < -0.39 is 0 Å². The zero-order chi connectivity index (χ0) is 13.5. The van der Waals surface area contributed by atoms with Crippen molar-refractivity contribution in [2.45, 2.75) is 90.9 Å². The van der Waals surface area contributed by atoms with Gasteiger partial charge in [-0.2, -0.15) is 0 Å². The fourth-order valence-corrected chi connectivity index (χ4v) is 2.36. The maximum absolute atomic E-state index is 5.05. The van der Waals surface area contributed by atoms with Crippen LogP contribution in [0.3, 0.4) is 0 Å². The summed E-state index contributed by atoms with van der Waals surface area (Å²) in [7, 11) is 1.79. The molecule has 0 aromatic carbocycles. The van der Waals surface area contributed by atoms with Crippen molar-refractivity contribution >= 4 is 0 Å². The van der Waals surface area contributed by atoms with E-state index in [4.69, 9.17) is 4.74 Å². The van der Waals surface area contributed by atoms with Crippen LogP contribution in [0.5, 0.6) is 0 Å². The fourth-order valence-electron chi connectivity index (χ4n) is 2.36. The molecule has 0 aromatic heterocycles. The molecule has 0 aliphatic carbocycles. The highest BCUT2D eigenvalue weighted by molar-refractivity contribution is 4.52. The van der Waals surface area contributed by atoms with Crippen LogP contribution in [-0.2, 0) is 4.74 Å². The van der Waals surface area contributed by atoms with E-state index in [-0.39, 0.29) is 0 Å². The Bertz CT molecular complexity index is 145. The third-order valence-electron chi connectivity index (χ3n) is 3.99. The molecule has 0 aromatic rings. The lowest BCUT2D eigenvalue weighted by atomic mass is 9.99. The topological polar surface area (TPSA) is 9.23 Å². The highest BCUT2D eigenvalue weighted by Gasteiger charge is 1.98. The van der Waals surface area contributed by atoms with Crippen molar-refractivity contribution in [1.82, 2.24) is 0 Å². The zero-order valence-corrected chi connectivity index (χ0v) is 13.2. The van der Waals surface area contributed by atoms with E-state index in [1.54, 1.807) is 7.11 Å². The molecule has 0 aliphatic rings. The first-order valence-corrected chi connectivity index (χ1v) is 8.30. The van der Waals surface area contributed by atoms with Gasteiger partial charge in [0, 0.05) is 13.7 Å². The minimum Gasteiger partial charge on any atom is -0.385 e. The van der Waals surface area contributed by atoms with Crippen molar-refractivity contribution in [3.8, 4) is 0 Å². The summed E-state index contributed by atoms with van der Waals surface area (Å²) in [6, 6.07) is 0. The monoisotopic (exact) mass is 256 g/mol. The van der Waals surface area contributed by atoms with Gasteiger partial charge in [-0.15, -0.1) is 0 Å². The molecule has 1 unspecified atom stereocenters. The third-order valence-corrected chi connectivity index (χ3v) is 3.99. The van der Waals surface area contributed by atoms with Gasteiger partial charge >= 0.3 is 0 Å². The lowest BCUT2D eigenvalue weighted by Crippen LogP contribution is -1.91. The molecule has 1 atom stereocenters. The summed E-state index contributed by atoms with van der Waals surface area (Å²) < 4.78 is 5.05. The first-order valence-electron chi connectivity index (χ1n) is 8.30. The van der Waals surface area contributed by atoms with Crippen LogP contribution in [0.1, 0.15) is 90.9 Å². The van der Waals surface area contributed by atoms with Gasteiger partial charge in [0.2, 0.25) is 0 Å². The van der Waals surface area contributed by atoms with Crippen molar-refractivity contribution in [2.75, 3.05) is 13.7 Å². The van der Waals surface area contributed by atoms with Crippen LogP contribution < -0.4 is 0 Å². The van der Waals surface area contributed by atoms with Crippen LogP contribution in [0, 0.1) is 5.92 Å². The Morgan fingerprint density at radius 3 is 1.61 bits per heavy atom. The summed E-state index contributed by atoms with van der Waals surface area (Å²) in [4.78, 5) is 0. The number of unbranched alkanes of at least 4 members (excludes halogenated alkanes) is 9. The normalized spacial score (nSPS) is 12.8. The van der Waals surface area contributed by atoms with Crippen molar-refractivity contribution in [3.05, 3.63) is 0 Å². The highest BCUT2D eigenvalue weighted by atomic mass is 16.5. The van der Waals surface area contributed by atoms with E-state index in [2.05, 4.69) is 13.8 Å². The Morgan fingerprint density at radius 1 is 0.722 bits per heavy atom. The molecule has 18 heavy (non-hydrogen) atoms. The average molecular weight is 256 g/mol. The molecule has 0 rings (SSSR count). The molecule has 0 spiro atoms. The Morgan fingerprint density at radius 2 is 1.17 bits per heavy atom. The molecule has 0 aliphatic heterocycles. The quantitative estimate of drug-likeness (QED) is 0.348. The van der Waals surface area contributed by atoms with E-state index in [1.807, 2.05) is 0 Å². The van der Waals surface area contributed by atoms with Gasteiger partial charge in [0.15, 0.2) is 0 Å². The van der Waals surface area contributed by atoms with Gasteiger partial charge in [-0.05, 0) is 12.3 Å². The second-order valence-electron chi connectivity index (χ2n) is 5.83. The number of rotatable bonds is 14. The molecule has 0 amide bonds. The lowest BCUT2D eigenvalue weighted by Gasteiger charge is -2.07. The van der Waals surface area contributed by atoms with Gasteiger partial charge in [0.05, 0.1) is 0 Å². The molecule has 1 nitrogen and oxygen atoms in total. The van der Waals surface area contributed by atoms with Crippen LogP contribution in [-0.4, -0.2) is 13.7 Å². The second kappa shape index (κ2) is 15.0. The van der Waals surface area contributed by atoms with Crippen molar-refractivity contribution in [2.24, 2.45) is 5.92 Å². The molecule has 0 bridgehead atoms. The van der Waals surface area contributed by atoms with Gasteiger partial charge in [0.25, 0.3) is 0 Å². The van der Waals surface area contributed by atoms with Gasteiger partial charge in [-0.1, -0.05) is 84.5 Å². The highest BCUT2D eigenvalue weighted by Crippen LogP contribution is 2.15. The van der Waals surface area contributed by atoms with E-state index in [0.717, 1.165) is 12.5 Å². The van der Waals surface area contributed by atoms with Gasteiger partial charge in [0.1, 0.15) is 0 Å². The van der Waals surface area contributed by atoms with Gasteiger partial charge in [-0.25, -0.2) is 0 Å². The number of ether oxygens (including phenoxy) is 1. The van der Waals surface area contributed by atoms with Crippen molar-refractivity contribution in [3.63, 3.8) is 0 Å². The molecule has 0 saturated carbocycles. The van der Waals surface area contributed by atoms with Crippen LogP contribution in [0.4, 0.5) is 0 Å². The Hall–Kier alpha value is -0.0400. The summed E-state index contributed by atoms with van der Waals surface area (Å²) in [5.41, 5.74) is 0. The average Bonchev–Trinajstić information content (AvgIpc) is 2.39. The van der Waals surface area contributed by atoms with E-state index in [1.165, 1.54) is 77.0 Å². The Kier molecular flexibility index (Phi) is 15.0. The lowest BCUT2D eigenvalue weighted by molar-refractivity contribution is 0.192. The summed E-state index contributed by atoms with van der Waals surface area (Å²) in [6.45, 7) is 5.62. The number of hydrogen-bond donors (Lipinski definition) is 0. The summed E-state index contributed by atoms with van der Waals surface area (Å²) in [6.07, 6.45) is 16.9. The van der Waals surface area contributed by atoms with Crippen LogP contribution >= 0.6 is 0 Å². The first kappa shape index (κ1) is 18.0. The molecule has 110 valence electrons. The Balaban J connectivity index is 2.94. The first-order chi connectivity index (χ1) is 8.81. The summed E-state index contributed by atoms with van der Waals surface area (Å²) in [5.74, 6) is 0.942. The largest absolute Gasteiger partial charge is 0.385 e. The van der Waals surface area contributed by atoms with E-state index in [9.17, 15) is 0 Å². The Labute approximate surface area is 116 Å². The molecule has 0 fully saturated rings. The van der Waals surface area contributed by atoms with Crippen LogP contribution in [0.15, 0.2) is 0 Å². The van der Waals surface area contributed by atoms with Gasteiger partial charge in [-0.3, -0.25) is 0 Å². The fraction of sp³-hybridized carbons (Fsp3) is 1.00. The predicted octanol–water partition coefficient (Wildman–Crippen LogP) is 5.97. The molecular formula is C17H36O. The van der Waals surface area contributed by atoms with Crippen molar-refractivity contribution in [1.29, 1.82) is 0 Å². The smallest absolute Gasteiger partial charge is 0.0462 e. The second-order valence-corrected chi connectivity index (χ2v) is 5.83. The molecule has 0 saturated heterocycles. The standard InChI is InChI=1S/C17H36O/c1-4-17(2)15-13-11-9-7-5-6-8-10-12-14-16-18-3/h17H,4-16H2,1-3H3. The molecular weight excluding hydrogens is 220 g/mol. The SMILES string of the molecule is CCC(C)CCCCCCCCCCCCOC. The zero-order valence-electron chi connectivity index (χ0n) is 13.2. The molecule has 0 radical (unpaired) electrons. The van der Waals surface area contributed by atoms with Gasteiger partial charge < -0.3 is 4.74 Å². The van der Waals surface area contributed by atoms with E-state index >= 15 is 0 Å². The maximum atomic E-state index is 5.05. The minimum atomic E-state index is 0.941. The van der Waals surface area contributed by atoms with Crippen LogP contribution in [0.25, 0.3) is 0 Å². The predicted molar refractivity (Wildman–Crippen MR) is 82.1 cm³/mol. The minimum absolute atomic E-state index is 0.941. The number of methoxy groups -OCH3 is 1. The summed E-state index contributed by atoms with van der Waals surface area (Å²) >= 11 is 0.